The topological polar surface area (TPSA) is 61.9 Å². The van der Waals surface area contributed by atoms with Crippen molar-refractivity contribution >= 4 is 5.91 Å². The fraction of sp³-hybridized carbons (Fsp3) is 0.286. The first-order valence-electron chi connectivity index (χ1n) is 9.09. The van der Waals surface area contributed by atoms with Gasteiger partial charge < -0.3 is 4.90 Å². The molecule has 1 saturated heterocycles. The third-order valence-electron chi connectivity index (χ3n) is 5.00. The lowest BCUT2D eigenvalue weighted by atomic mass is 9.90. The predicted molar refractivity (Wildman–Crippen MR) is 101 cm³/mol. The summed E-state index contributed by atoms with van der Waals surface area (Å²) in [6, 6.07) is 18.0. The van der Waals surface area contributed by atoms with Crippen molar-refractivity contribution in [2.24, 2.45) is 5.92 Å². The number of aromatic amines is 1. The number of amides is 1. The third-order valence-corrected chi connectivity index (χ3v) is 5.00. The Morgan fingerprint density at radius 1 is 1.04 bits per heavy atom. The van der Waals surface area contributed by atoms with Gasteiger partial charge in [-0.2, -0.15) is 5.10 Å². The van der Waals surface area contributed by atoms with E-state index in [-0.39, 0.29) is 5.91 Å². The third kappa shape index (κ3) is 3.67. The van der Waals surface area contributed by atoms with Crippen molar-refractivity contribution in [2.75, 3.05) is 13.1 Å². The highest BCUT2D eigenvalue weighted by molar-refractivity contribution is 5.93. The van der Waals surface area contributed by atoms with Crippen molar-refractivity contribution in [2.45, 2.75) is 19.3 Å². The second-order valence-corrected chi connectivity index (χ2v) is 6.81. The number of benzene rings is 1. The Morgan fingerprint density at radius 3 is 2.54 bits per heavy atom. The normalized spacial score (nSPS) is 15.2. The van der Waals surface area contributed by atoms with Crippen LogP contribution in [0.1, 0.15) is 28.9 Å². The van der Waals surface area contributed by atoms with E-state index in [4.69, 9.17) is 0 Å². The summed E-state index contributed by atoms with van der Waals surface area (Å²) in [6.07, 6.45) is 4.91. The van der Waals surface area contributed by atoms with Gasteiger partial charge in [0, 0.05) is 19.3 Å². The van der Waals surface area contributed by atoms with Gasteiger partial charge in [-0.3, -0.25) is 14.9 Å². The van der Waals surface area contributed by atoms with E-state index in [0.29, 0.717) is 17.3 Å². The lowest BCUT2D eigenvalue weighted by Crippen LogP contribution is -2.39. The van der Waals surface area contributed by atoms with E-state index >= 15 is 0 Å². The Morgan fingerprint density at radius 2 is 1.81 bits per heavy atom. The van der Waals surface area contributed by atoms with Crippen LogP contribution >= 0.6 is 0 Å². The number of hydrogen-bond donors (Lipinski definition) is 1. The molecule has 3 heterocycles. The maximum Gasteiger partial charge on any atom is 0.271 e. The molecule has 1 aliphatic rings. The number of H-pyrrole nitrogens is 1. The van der Waals surface area contributed by atoms with Crippen molar-refractivity contribution < 1.29 is 4.79 Å². The zero-order chi connectivity index (χ0) is 17.8. The Kier molecular flexibility index (Phi) is 4.78. The molecule has 0 saturated carbocycles. The van der Waals surface area contributed by atoms with Crippen LogP contribution in [0.4, 0.5) is 0 Å². The van der Waals surface area contributed by atoms with Crippen molar-refractivity contribution in [3.8, 4) is 11.4 Å². The molecule has 26 heavy (non-hydrogen) atoms. The highest BCUT2D eigenvalue weighted by Gasteiger charge is 2.25. The molecule has 132 valence electrons. The quantitative estimate of drug-likeness (QED) is 0.785. The van der Waals surface area contributed by atoms with E-state index in [0.717, 1.165) is 38.0 Å². The molecular weight excluding hydrogens is 324 g/mol. The van der Waals surface area contributed by atoms with Crippen molar-refractivity contribution in [3.05, 3.63) is 72.1 Å². The summed E-state index contributed by atoms with van der Waals surface area (Å²) in [5.74, 6) is 0.671. The summed E-state index contributed by atoms with van der Waals surface area (Å²) < 4.78 is 0. The van der Waals surface area contributed by atoms with Gasteiger partial charge in [-0.15, -0.1) is 0 Å². The lowest BCUT2D eigenvalue weighted by Gasteiger charge is -2.31. The zero-order valence-electron chi connectivity index (χ0n) is 14.6. The van der Waals surface area contributed by atoms with Gasteiger partial charge in [0.25, 0.3) is 5.91 Å². The molecule has 2 aromatic heterocycles. The smallest absolute Gasteiger partial charge is 0.271 e. The van der Waals surface area contributed by atoms with Crippen molar-refractivity contribution in [3.63, 3.8) is 0 Å². The van der Waals surface area contributed by atoms with E-state index in [1.165, 1.54) is 5.56 Å². The number of likely N-dealkylation sites (tertiary alicyclic amines) is 1. The molecule has 0 radical (unpaired) electrons. The second-order valence-electron chi connectivity index (χ2n) is 6.81. The Hall–Kier alpha value is -2.95. The summed E-state index contributed by atoms with van der Waals surface area (Å²) in [7, 11) is 0. The molecule has 5 heteroatoms. The number of pyridine rings is 1. The molecule has 1 N–H and O–H groups in total. The number of rotatable bonds is 4. The number of aromatic nitrogens is 3. The average Bonchev–Trinajstić information content (AvgIpc) is 3.20. The van der Waals surface area contributed by atoms with E-state index in [9.17, 15) is 4.79 Å². The zero-order valence-corrected chi connectivity index (χ0v) is 14.6. The number of nitrogens with zero attached hydrogens (tertiary/aromatic N) is 3. The van der Waals surface area contributed by atoms with Crippen LogP contribution in [0.3, 0.4) is 0 Å². The first kappa shape index (κ1) is 16.5. The van der Waals surface area contributed by atoms with Gasteiger partial charge in [0.1, 0.15) is 11.4 Å². The van der Waals surface area contributed by atoms with Crippen LogP contribution in [0.15, 0.2) is 60.8 Å². The van der Waals surface area contributed by atoms with E-state index < -0.39 is 0 Å². The Balaban J connectivity index is 1.36. The highest BCUT2D eigenvalue weighted by atomic mass is 16.2. The average molecular weight is 346 g/mol. The van der Waals surface area contributed by atoms with Crippen LogP contribution in [-0.4, -0.2) is 39.1 Å². The number of hydrogen-bond acceptors (Lipinski definition) is 3. The summed E-state index contributed by atoms with van der Waals surface area (Å²) in [5.41, 5.74) is 3.38. The van der Waals surface area contributed by atoms with Gasteiger partial charge >= 0.3 is 0 Å². The van der Waals surface area contributed by atoms with Gasteiger partial charge in [-0.05, 0) is 48.9 Å². The van der Waals surface area contributed by atoms with Gasteiger partial charge in [0.05, 0.1) is 5.69 Å². The fourth-order valence-electron chi connectivity index (χ4n) is 3.53. The summed E-state index contributed by atoms with van der Waals surface area (Å²) in [4.78, 5) is 18.9. The van der Waals surface area contributed by atoms with Crippen molar-refractivity contribution in [1.29, 1.82) is 0 Å². The first-order chi connectivity index (χ1) is 12.8. The van der Waals surface area contributed by atoms with Gasteiger partial charge in [0.15, 0.2) is 0 Å². The van der Waals surface area contributed by atoms with Crippen LogP contribution in [0.2, 0.25) is 0 Å². The maximum atomic E-state index is 12.7. The number of carbonyl (C=O) groups excluding carboxylic acids is 1. The minimum atomic E-state index is 0.0258. The molecule has 0 spiro atoms. The Labute approximate surface area is 153 Å². The van der Waals surface area contributed by atoms with Crippen LogP contribution in [0, 0.1) is 5.92 Å². The molecule has 1 amide bonds. The van der Waals surface area contributed by atoms with E-state index in [1.54, 1.807) is 12.3 Å². The molecule has 1 fully saturated rings. The molecule has 0 bridgehead atoms. The minimum absolute atomic E-state index is 0.0258. The standard InChI is InChI=1S/C21H22N4O/c26-21(20-15-19(23-24-20)18-8-4-5-11-22-18)25-12-9-17(10-13-25)14-16-6-2-1-3-7-16/h1-8,11,15,17H,9-10,12-14H2,(H,23,24). The molecule has 0 unspecified atom stereocenters. The summed E-state index contributed by atoms with van der Waals surface area (Å²) in [5, 5.41) is 7.11. The number of nitrogens with one attached hydrogen (secondary N) is 1. The summed E-state index contributed by atoms with van der Waals surface area (Å²) in [6.45, 7) is 1.60. The number of carbonyl (C=O) groups is 1. The summed E-state index contributed by atoms with van der Waals surface area (Å²) >= 11 is 0. The lowest BCUT2D eigenvalue weighted by molar-refractivity contribution is 0.0684. The molecule has 0 atom stereocenters. The van der Waals surface area contributed by atoms with Crippen LogP contribution in [0.25, 0.3) is 11.4 Å². The minimum Gasteiger partial charge on any atom is -0.337 e. The molecule has 5 nitrogen and oxygen atoms in total. The second kappa shape index (κ2) is 7.52. The van der Waals surface area contributed by atoms with Crippen LogP contribution in [0.5, 0.6) is 0 Å². The maximum absolute atomic E-state index is 12.7. The monoisotopic (exact) mass is 346 g/mol. The largest absolute Gasteiger partial charge is 0.337 e. The predicted octanol–water partition coefficient (Wildman–Crippen LogP) is 3.57. The molecule has 4 rings (SSSR count). The first-order valence-corrected chi connectivity index (χ1v) is 9.09. The Bertz CT molecular complexity index is 852. The molecule has 1 aliphatic heterocycles. The molecule has 3 aromatic rings. The molecular formula is C21H22N4O. The van der Waals surface area contributed by atoms with Gasteiger partial charge in [-0.1, -0.05) is 36.4 Å². The molecule has 0 aliphatic carbocycles. The molecule has 1 aromatic carbocycles. The number of piperidine rings is 1. The highest BCUT2D eigenvalue weighted by Crippen LogP contribution is 2.23. The van der Waals surface area contributed by atoms with Gasteiger partial charge in [-0.25, -0.2) is 0 Å². The van der Waals surface area contributed by atoms with Crippen LogP contribution < -0.4 is 0 Å². The SMILES string of the molecule is O=C(c1cc(-c2ccccn2)n[nH]1)N1CCC(Cc2ccccc2)CC1. The van der Waals surface area contributed by atoms with E-state index in [1.807, 2.05) is 29.2 Å². The van der Waals surface area contributed by atoms with Crippen molar-refractivity contribution in [1.82, 2.24) is 20.1 Å². The fourth-order valence-corrected chi connectivity index (χ4v) is 3.53. The van der Waals surface area contributed by atoms with Crippen LogP contribution in [-0.2, 0) is 6.42 Å². The van der Waals surface area contributed by atoms with Gasteiger partial charge in [0.2, 0.25) is 0 Å². The van der Waals surface area contributed by atoms with E-state index in [2.05, 4.69) is 39.4 Å².